The van der Waals surface area contributed by atoms with Crippen LogP contribution in [-0.4, -0.2) is 33.2 Å². The molecule has 0 saturated carbocycles. The minimum atomic E-state index is -0.305. The van der Waals surface area contributed by atoms with Crippen LogP contribution in [0.3, 0.4) is 0 Å². The maximum absolute atomic E-state index is 11.4. The van der Waals surface area contributed by atoms with E-state index in [1.807, 2.05) is 25.2 Å². The molecule has 0 heterocycles. The minimum absolute atomic E-state index is 0.305. The van der Waals surface area contributed by atoms with Crippen molar-refractivity contribution in [1.29, 1.82) is 0 Å². The molecule has 4 nitrogen and oxygen atoms in total. The molecule has 1 unspecified atom stereocenters. The molecule has 0 aliphatic heterocycles. The third-order valence-electron chi connectivity index (χ3n) is 2.95. The van der Waals surface area contributed by atoms with E-state index in [1.165, 1.54) is 7.11 Å². The van der Waals surface area contributed by atoms with Gasteiger partial charge < -0.3 is 15.4 Å². The average molecular weight is 250 g/mol. The third kappa shape index (κ3) is 4.37. The molecule has 4 heteroatoms. The molecule has 1 rings (SSSR count). The lowest BCUT2D eigenvalue weighted by molar-refractivity contribution is 0.0601. The van der Waals surface area contributed by atoms with Gasteiger partial charge in [0.2, 0.25) is 0 Å². The Kier molecular flexibility index (Phi) is 6.22. The number of hydrogen-bond donors (Lipinski definition) is 2. The molecule has 100 valence electrons. The van der Waals surface area contributed by atoms with Gasteiger partial charge in [0.1, 0.15) is 0 Å². The van der Waals surface area contributed by atoms with Crippen LogP contribution in [0.5, 0.6) is 0 Å². The predicted molar refractivity (Wildman–Crippen MR) is 74.0 cm³/mol. The Labute approximate surface area is 109 Å². The second-order valence-corrected chi connectivity index (χ2v) is 4.29. The van der Waals surface area contributed by atoms with E-state index in [9.17, 15) is 4.79 Å². The predicted octanol–water partition coefficient (Wildman–Crippen LogP) is 2.13. The highest BCUT2D eigenvalue weighted by Gasteiger charge is 2.07. The molecule has 0 saturated heterocycles. The third-order valence-corrected chi connectivity index (χ3v) is 2.95. The molecule has 18 heavy (non-hydrogen) atoms. The number of esters is 1. The second kappa shape index (κ2) is 7.71. The van der Waals surface area contributed by atoms with Crippen molar-refractivity contribution in [3.05, 3.63) is 29.8 Å². The van der Waals surface area contributed by atoms with Crippen molar-refractivity contribution in [2.75, 3.05) is 32.6 Å². The van der Waals surface area contributed by atoms with Crippen molar-refractivity contribution in [3.8, 4) is 0 Å². The number of ether oxygens (including phenoxy) is 1. The fraction of sp³-hybridized carbons (Fsp3) is 0.500. The summed E-state index contributed by atoms with van der Waals surface area (Å²) in [5, 5.41) is 6.53. The molecule has 0 aliphatic carbocycles. The first-order valence-electron chi connectivity index (χ1n) is 6.28. The fourth-order valence-corrected chi connectivity index (χ4v) is 1.79. The lowest BCUT2D eigenvalue weighted by Crippen LogP contribution is -2.24. The SMILES string of the molecule is CCC(CNC)CNc1cccc(C(=O)OC)c1. The maximum Gasteiger partial charge on any atom is 0.337 e. The Bertz CT molecular complexity index is 380. The summed E-state index contributed by atoms with van der Waals surface area (Å²) < 4.78 is 4.70. The van der Waals surface area contributed by atoms with Crippen molar-refractivity contribution in [3.63, 3.8) is 0 Å². The van der Waals surface area contributed by atoms with E-state index in [2.05, 4.69) is 17.6 Å². The van der Waals surface area contributed by atoms with Gasteiger partial charge in [-0.1, -0.05) is 19.4 Å². The number of rotatable bonds is 7. The first kappa shape index (κ1) is 14.5. The summed E-state index contributed by atoms with van der Waals surface area (Å²) in [6.07, 6.45) is 1.12. The van der Waals surface area contributed by atoms with Crippen LogP contribution in [0.25, 0.3) is 0 Å². The topological polar surface area (TPSA) is 50.4 Å². The van der Waals surface area contributed by atoms with Gasteiger partial charge in [-0.25, -0.2) is 4.79 Å². The molecular weight excluding hydrogens is 228 g/mol. The molecule has 1 aromatic carbocycles. The van der Waals surface area contributed by atoms with Crippen molar-refractivity contribution in [2.24, 2.45) is 5.92 Å². The monoisotopic (exact) mass is 250 g/mol. The Morgan fingerprint density at radius 1 is 1.39 bits per heavy atom. The highest BCUT2D eigenvalue weighted by atomic mass is 16.5. The Morgan fingerprint density at radius 3 is 2.78 bits per heavy atom. The molecule has 0 radical (unpaired) electrons. The zero-order valence-corrected chi connectivity index (χ0v) is 11.3. The van der Waals surface area contributed by atoms with Crippen LogP contribution in [0.2, 0.25) is 0 Å². The largest absolute Gasteiger partial charge is 0.465 e. The normalized spacial score (nSPS) is 11.9. The first-order chi connectivity index (χ1) is 8.71. The van der Waals surface area contributed by atoms with Gasteiger partial charge in [-0.15, -0.1) is 0 Å². The van der Waals surface area contributed by atoms with Gasteiger partial charge in [-0.3, -0.25) is 0 Å². The molecule has 0 aromatic heterocycles. The van der Waals surface area contributed by atoms with Gasteiger partial charge >= 0.3 is 5.97 Å². The second-order valence-electron chi connectivity index (χ2n) is 4.29. The molecule has 0 spiro atoms. The van der Waals surface area contributed by atoms with Gasteiger partial charge in [0.25, 0.3) is 0 Å². The van der Waals surface area contributed by atoms with Crippen LogP contribution in [0, 0.1) is 5.92 Å². The van der Waals surface area contributed by atoms with E-state index in [0.717, 1.165) is 25.2 Å². The molecule has 0 bridgehead atoms. The van der Waals surface area contributed by atoms with Crippen molar-refractivity contribution < 1.29 is 9.53 Å². The van der Waals surface area contributed by atoms with Gasteiger partial charge in [0.15, 0.2) is 0 Å². The number of carbonyl (C=O) groups excluding carboxylic acids is 1. The van der Waals surface area contributed by atoms with Crippen molar-refractivity contribution in [1.82, 2.24) is 5.32 Å². The van der Waals surface area contributed by atoms with E-state index >= 15 is 0 Å². The lowest BCUT2D eigenvalue weighted by Gasteiger charge is -2.16. The van der Waals surface area contributed by atoms with Gasteiger partial charge in [-0.2, -0.15) is 0 Å². The van der Waals surface area contributed by atoms with E-state index in [-0.39, 0.29) is 5.97 Å². The van der Waals surface area contributed by atoms with E-state index in [1.54, 1.807) is 6.07 Å². The molecule has 0 amide bonds. The van der Waals surface area contributed by atoms with Gasteiger partial charge in [-0.05, 0) is 37.7 Å². The molecular formula is C14H22N2O2. The van der Waals surface area contributed by atoms with Crippen LogP contribution in [0.4, 0.5) is 5.69 Å². The molecule has 0 fully saturated rings. The fourth-order valence-electron chi connectivity index (χ4n) is 1.79. The molecule has 1 atom stereocenters. The Hall–Kier alpha value is -1.55. The summed E-state index contributed by atoms with van der Waals surface area (Å²) in [6, 6.07) is 7.38. The average Bonchev–Trinajstić information content (AvgIpc) is 2.42. The summed E-state index contributed by atoms with van der Waals surface area (Å²) >= 11 is 0. The maximum atomic E-state index is 11.4. The number of methoxy groups -OCH3 is 1. The number of benzene rings is 1. The standard InChI is InChI=1S/C14H22N2O2/c1-4-11(9-15-2)10-16-13-7-5-6-12(8-13)14(17)18-3/h5-8,11,15-16H,4,9-10H2,1-3H3. The minimum Gasteiger partial charge on any atom is -0.465 e. The first-order valence-corrected chi connectivity index (χ1v) is 6.28. The van der Waals surface area contributed by atoms with Crippen LogP contribution in [0.15, 0.2) is 24.3 Å². The number of carbonyl (C=O) groups is 1. The number of hydrogen-bond acceptors (Lipinski definition) is 4. The van der Waals surface area contributed by atoms with Crippen LogP contribution in [0.1, 0.15) is 23.7 Å². The van der Waals surface area contributed by atoms with Crippen molar-refractivity contribution >= 4 is 11.7 Å². The Morgan fingerprint density at radius 2 is 2.17 bits per heavy atom. The summed E-state index contributed by atoms with van der Waals surface area (Å²) in [5.41, 5.74) is 1.52. The van der Waals surface area contributed by atoms with Gasteiger partial charge in [0.05, 0.1) is 12.7 Å². The van der Waals surface area contributed by atoms with E-state index in [4.69, 9.17) is 4.74 Å². The zero-order chi connectivity index (χ0) is 13.4. The summed E-state index contributed by atoms with van der Waals surface area (Å²) in [4.78, 5) is 11.4. The molecule has 0 aliphatic rings. The highest BCUT2D eigenvalue weighted by molar-refractivity contribution is 5.90. The van der Waals surface area contributed by atoms with E-state index < -0.39 is 0 Å². The highest BCUT2D eigenvalue weighted by Crippen LogP contribution is 2.12. The van der Waals surface area contributed by atoms with Crippen molar-refractivity contribution in [2.45, 2.75) is 13.3 Å². The molecule has 2 N–H and O–H groups in total. The lowest BCUT2D eigenvalue weighted by atomic mass is 10.1. The number of anilines is 1. The van der Waals surface area contributed by atoms with Crippen LogP contribution in [-0.2, 0) is 4.74 Å². The van der Waals surface area contributed by atoms with Crippen LogP contribution >= 0.6 is 0 Å². The van der Waals surface area contributed by atoms with Crippen LogP contribution < -0.4 is 10.6 Å². The summed E-state index contributed by atoms with van der Waals surface area (Å²) in [7, 11) is 3.35. The Balaban J connectivity index is 2.59. The zero-order valence-electron chi connectivity index (χ0n) is 11.3. The quantitative estimate of drug-likeness (QED) is 0.728. The molecule has 1 aromatic rings. The number of nitrogens with one attached hydrogen (secondary N) is 2. The van der Waals surface area contributed by atoms with Gasteiger partial charge in [0, 0.05) is 12.2 Å². The smallest absolute Gasteiger partial charge is 0.337 e. The van der Waals surface area contributed by atoms with E-state index in [0.29, 0.717) is 11.5 Å². The summed E-state index contributed by atoms with van der Waals surface area (Å²) in [5.74, 6) is 0.276. The summed E-state index contributed by atoms with van der Waals surface area (Å²) in [6.45, 7) is 4.05.